The molecule has 0 aromatic rings. The van der Waals surface area contributed by atoms with Crippen molar-refractivity contribution in [3.05, 3.63) is 11.6 Å². The van der Waals surface area contributed by atoms with E-state index in [1.807, 2.05) is 0 Å². The Balaban J connectivity index is 4.28. The van der Waals surface area contributed by atoms with Gasteiger partial charge in [0.1, 0.15) is 0 Å². The van der Waals surface area contributed by atoms with Crippen LogP contribution in [0.1, 0.15) is 41.5 Å². The highest BCUT2D eigenvalue weighted by Gasteiger charge is 2.14. The second kappa shape index (κ2) is 4.58. The summed E-state index contributed by atoms with van der Waals surface area (Å²) in [7, 11) is 0. The maximum Gasteiger partial charge on any atom is -0.0206 e. The van der Waals surface area contributed by atoms with E-state index >= 15 is 0 Å². The average Bonchev–Trinajstić information content (AvgIpc) is 1.88. The number of hydrogen-bond acceptors (Lipinski definition) is 0. The molecule has 0 saturated carbocycles. The highest BCUT2D eigenvalue weighted by atomic mass is 14.2. The monoisotopic (exact) mass is 154 g/mol. The Bertz CT molecular complexity index is 129. The minimum atomic E-state index is 0.706. The molecule has 0 aliphatic heterocycles. The first-order valence-electron chi connectivity index (χ1n) is 4.66. The summed E-state index contributed by atoms with van der Waals surface area (Å²) < 4.78 is 0. The van der Waals surface area contributed by atoms with Crippen molar-refractivity contribution in [3.8, 4) is 0 Å². The summed E-state index contributed by atoms with van der Waals surface area (Å²) >= 11 is 0. The Kier molecular flexibility index (Phi) is 4.48. The summed E-state index contributed by atoms with van der Waals surface area (Å²) in [6.45, 7) is 13.6. The van der Waals surface area contributed by atoms with Crippen LogP contribution in [0.2, 0.25) is 0 Å². The fraction of sp³-hybridized carbons (Fsp3) is 0.818. The van der Waals surface area contributed by atoms with E-state index in [9.17, 15) is 0 Å². The SMILES string of the molecule is C/C=C(/C(C)C)[C@H](C)C(C)C. The van der Waals surface area contributed by atoms with Crippen LogP contribution < -0.4 is 0 Å². The minimum Gasteiger partial charge on any atom is -0.0879 e. The fourth-order valence-corrected chi connectivity index (χ4v) is 1.51. The van der Waals surface area contributed by atoms with Crippen LogP contribution in [0.25, 0.3) is 0 Å². The molecule has 0 nitrogen and oxygen atoms in total. The van der Waals surface area contributed by atoms with Gasteiger partial charge in [0, 0.05) is 0 Å². The summed E-state index contributed by atoms with van der Waals surface area (Å²) in [5.41, 5.74) is 1.60. The molecule has 0 saturated heterocycles. The van der Waals surface area contributed by atoms with Crippen molar-refractivity contribution in [2.24, 2.45) is 17.8 Å². The maximum absolute atomic E-state index is 2.32. The molecule has 0 bridgehead atoms. The van der Waals surface area contributed by atoms with E-state index in [1.54, 1.807) is 5.57 Å². The Morgan fingerprint density at radius 1 is 1.00 bits per heavy atom. The fourth-order valence-electron chi connectivity index (χ4n) is 1.51. The Morgan fingerprint density at radius 2 is 1.45 bits per heavy atom. The standard InChI is InChI=1S/C11H22/c1-7-11(9(4)5)10(6)8(2)3/h7-10H,1-6H3/b11-7-/t10-/m1/s1. The molecule has 0 aliphatic carbocycles. The topological polar surface area (TPSA) is 0 Å². The van der Waals surface area contributed by atoms with Gasteiger partial charge in [-0.25, -0.2) is 0 Å². The van der Waals surface area contributed by atoms with Gasteiger partial charge < -0.3 is 0 Å². The van der Waals surface area contributed by atoms with Crippen molar-refractivity contribution >= 4 is 0 Å². The van der Waals surface area contributed by atoms with Gasteiger partial charge in [-0.15, -0.1) is 0 Å². The molecule has 1 atom stereocenters. The van der Waals surface area contributed by atoms with Crippen LogP contribution in [-0.4, -0.2) is 0 Å². The third kappa shape index (κ3) is 3.09. The van der Waals surface area contributed by atoms with Gasteiger partial charge in [-0.05, 0) is 24.7 Å². The quantitative estimate of drug-likeness (QED) is 0.541. The molecule has 0 radical (unpaired) electrons. The van der Waals surface area contributed by atoms with Gasteiger partial charge in [-0.3, -0.25) is 0 Å². The second-order valence-electron chi connectivity index (χ2n) is 3.98. The van der Waals surface area contributed by atoms with Crippen molar-refractivity contribution < 1.29 is 0 Å². The van der Waals surface area contributed by atoms with Crippen molar-refractivity contribution in [2.75, 3.05) is 0 Å². The third-order valence-electron chi connectivity index (χ3n) is 2.53. The van der Waals surface area contributed by atoms with Crippen molar-refractivity contribution in [1.82, 2.24) is 0 Å². The van der Waals surface area contributed by atoms with Gasteiger partial charge in [0.05, 0.1) is 0 Å². The highest BCUT2D eigenvalue weighted by Crippen LogP contribution is 2.25. The first-order chi connectivity index (χ1) is 5.00. The lowest BCUT2D eigenvalue weighted by Gasteiger charge is -2.22. The predicted molar refractivity (Wildman–Crippen MR) is 52.6 cm³/mol. The van der Waals surface area contributed by atoms with E-state index < -0.39 is 0 Å². The van der Waals surface area contributed by atoms with E-state index in [2.05, 4.69) is 47.6 Å². The van der Waals surface area contributed by atoms with Crippen LogP contribution in [0.5, 0.6) is 0 Å². The van der Waals surface area contributed by atoms with Gasteiger partial charge in [0.25, 0.3) is 0 Å². The summed E-state index contributed by atoms with van der Waals surface area (Å²) in [6.07, 6.45) is 2.27. The summed E-state index contributed by atoms with van der Waals surface area (Å²) in [6, 6.07) is 0. The lowest BCUT2D eigenvalue weighted by molar-refractivity contribution is 0.443. The predicted octanol–water partition coefficient (Wildman–Crippen LogP) is 3.88. The molecule has 0 spiro atoms. The normalized spacial score (nSPS) is 16.2. The molecule has 0 unspecified atom stereocenters. The molecular formula is C11H22. The van der Waals surface area contributed by atoms with Crippen LogP contribution in [0.15, 0.2) is 11.6 Å². The van der Waals surface area contributed by atoms with E-state index in [0.29, 0.717) is 5.92 Å². The van der Waals surface area contributed by atoms with E-state index in [4.69, 9.17) is 0 Å². The zero-order chi connectivity index (χ0) is 9.02. The smallest absolute Gasteiger partial charge is 0.0206 e. The van der Waals surface area contributed by atoms with Crippen LogP contribution in [0.4, 0.5) is 0 Å². The van der Waals surface area contributed by atoms with Gasteiger partial charge in [-0.1, -0.05) is 46.3 Å². The molecule has 0 fully saturated rings. The lowest BCUT2D eigenvalue weighted by Crippen LogP contribution is -2.11. The molecule has 11 heavy (non-hydrogen) atoms. The zero-order valence-corrected chi connectivity index (χ0v) is 8.81. The van der Waals surface area contributed by atoms with E-state index in [0.717, 1.165) is 11.8 Å². The summed E-state index contributed by atoms with van der Waals surface area (Å²) in [5.74, 6) is 2.21. The van der Waals surface area contributed by atoms with Crippen LogP contribution in [0, 0.1) is 17.8 Å². The molecule has 0 aromatic heterocycles. The largest absolute Gasteiger partial charge is 0.0879 e. The number of rotatable bonds is 3. The van der Waals surface area contributed by atoms with Gasteiger partial charge in [0.2, 0.25) is 0 Å². The van der Waals surface area contributed by atoms with Crippen molar-refractivity contribution in [3.63, 3.8) is 0 Å². The number of allylic oxidation sites excluding steroid dienone is 2. The van der Waals surface area contributed by atoms with Gasteiger partial charge in [-0.2, -0.15) is 0 Å². The highest BCUT2D eigenvalue weighted by molar-refractivity contribution is 5.07. The molecule has 0 rings (SSSR count). The van der Waals surface area contributed by atoms with E-state index in [-0.39, 0.29) is 0 Å². The van der Waals surface area contributed by atoms with Crippen molar-refractivity contribution in [1.29, 1.82) is 0 Å². The molecule has 0 aliphatic rings. The molecular weight excluding hydrogens is 132 g/mol. The summed E-state index contributed by atoms with van der Waals surface area (Å²) in [5, 5.41) is 0. The molecule has 0 aromatic carbocycles. The number of hydrogen-bond donors (Lipinski definition) is 0. The second-order valence-corrected chi connectivity index (χ2v) is 3.98. The van der Waals surface area contributed by atoms with E-state index in [1.165, 1.54) is 0 Å². The minimum absolute atomic E-state index is 0.706. The summed E-state index contributed by atoms with van der Waals surface area (Å²) in [4.78, 5) is 0. The third-order valence-corrected chi connectivity index (χ3v) is 2.53. The first kappa shape index (κ1) is 10.7. The molecule has 0 heteroatoms. The zero-order valence-electron chi connectivity index (χ0n) is 8.81. The van der Waals surface area contributed by atoms with Crippen LogP contribution in [-0.2, 0) is 0 Å². The molecule has 0 amide bonds. The van der Waals surface area contributed by atoms with Crippen molar-refractivity contribution in [2.45, 2.75) is 41.5 Å². The van der Waals surface area contributed by atoms with Gasteiger partial charge >= 0.3 is 0 Å². The van der Waals surface area contributed by atoms with Crippen LogP contribution in [0.3, 0.4) is 0 Å². The first-order valence-corrected chi connectivity index (χ1v) is 4.66. The molecule has 0 heterocycles. The Hall–Kier alpha value is -0.260. The Morgan fingerprint density at radius 3 is 1.55 bits per heavy atom. The molecule has 66 valence electrons. The molecule has 0 N–H and O–H groups in total. The Labute approximate surface area is 71.7 Å². The maximum atomic E-state index is 2.32. The lowest BCUT2D eigenvalue weighted by atomic mass is 9.84. The van der Waals surface area contributed by atoms with Crippen LogP contribution >= 0.6 is 0 Å². The average molecular weight is 154 g/mol. The van der Waals surface area contributed by atoms with Gasteiger partial charge in [0.15, 0.2) is 0 Å².